The second-order valence-corrected chi connectivity index (χ2v) is 3.70. The van der Waals surface area contributed by atoms with Gasteiger partial charge in [0.15, 0.2) is 6.10 Å². The van der Waals surface area contributed by atoms with E-state index in [1.54, 1.807) is 7.11 Å². The molecule has 0 aromatic heterocycles. The number of aryl methyl sites for hydroxylation is 1. The number of ether oxygens (including phenoxy) is 2. The lowest BCUT2D eigenvalue weighted by Gasteiger charge is -2.12. The van der Waals surface area contributed by atoms with Crippen LogP contribution in [0.3, 0.4) is 0 Å². The number of methoxy groups -OCH3 is 1. The summed E-state index contributed by atoms with van der Waals surface area (Å²) in [5, 5.41) is 0. The predicted molar refractivity (Wildman–Crippen MR) is 59.7 cm³/mol. The standard InChI is InChI=1S/C13H14O3/c1-15-12-9-13(14)16-11(12)8-7-10-5-3-2-4-6-10/h2-6,9,11H,7-8H2,1H3. The third-order valence-electron chi connectivity index (χ3n) is 2.61. The number of rotatable bonds is 4. The van der Waals surface area contributed by atoms with Gasteiger partial charge in [0.2, 0.25) is 0 Å². The molecule has 1 aliphatic rings. The van der Waals surface area contributed by atoms with Crippen LogP contribution in [0.15, 0.2) is 42.2 Å². The van der Waals surface area contributed by atoms with Gasteiger partial charge in [-0.1, -0.05) is 30.3 Å². The summed E-state index contributed by atoms with van der Waals surface area (Å²) in [6, 6.07) is 10.1. The molecule has 3 nitrogen and oxygen atoms in total. The van der Waals surface area contributed by atoms with Gasteiger partial charge in [-0.05, 0) is 18.4 Å². The lowest BCUT2D eigenvalue weighted by molar-refractivity contribution is -0.139. The van der Waals surface area contributed by atoms with Gasteiger partial charge in [-0.15, -0.1) is 0 Å². The summed E-state index contributed by atoms with van der Waals surface area (Å²) in [6.45, 7) is 0. The lowest BCUT2D eigenvalue weighted by atomic mass is 10.1. The number of cyclic esters (lactones) is 1. The van der Waals surface area contributed by atoms with Gasteiger partial charge in [0.25, 0.3) is 0 Å². The Kier molecular flexibility index (Phi) is 3.25. The highest BCUT2D eigenvalue weighted by molar-refractivity contribution is 5.85. The van der Waals surface area contributed by atoms with Crippen molar-refractivity contribution in [3.63, 3.8) is 0 Å². The smallest absolute Gasteiger partial charge is 0.335 e. The van der Waals surface area contributed by atoms with Crippen molar-refractivity contribution in [3.05, 3.63) is 47.7 Å². The molecule has 1 aromatic carbocycles. The second kappa shape index (κ2) is 4.84. The minimum absolute atomic E-state index is 0.224. The highest BCUT2D eigenvalue weighted by Gasteiger charge is 2.26. The van der Waals surface area contributed by atoms with Gasteiger partial charge in [0.1, 0.15) is 5.76 Å². The zero-order valence-electron chi connectivity index (χ0n) is 9.18. The van der Waals surface area contributed by atoms with E-state index in [1.807, 2.05) is 18.2 Å². The molecule has 0 radical (unpaired) electrons. The van der Waals surface area contributed by atoms with Crippen molar-refractivity contribution in [2.75, 3.05) is 7.11 Å². The quantitative estimate of drug-likeness (QED) is 0.726. The summed E-state index contributed by atoms with van der Waals surface area (Å²) in [7, 11) is 1.56. The van der Waals surface area contributed by atoms with Crippen LogP contribution in [0.5, 0.6) is 0 Å². The van der Waals surface area contributed by atoms with Crippen LogP contribution in [0.2, 0.25) is 0 Å². The molecule has 0 fully saturated rings. The third-order valence-corrected chi connectivity index (χ3v) is 2.61. The van der Waals surface area contributed by atoms with E-state index >= 15 is 0 Å². The Morgan fingerprint density at radius 1 is 1.31 bits per heavy atom. The van der Waals surface area contributed by atoms with Gasteiger partial charge >= 0.3 is 5.97 Å². The Morgan fingerprint density at radius 2 is 2.06 bits per heavy atom. The number of benzene rings is 1. The summed E-state index contributed by atoms with van der Waals surface area (Å²) in [5.74, 6) is 0.316. The van der Waals surface area contributed by atoms with E-state index in [2.05, 4.69) is 12.1 Å². The lowest BCUT2D eigenvalue weighted by Crippen LogP contribution is -2.13. The molecule has 1 heterocycles. The molecule has 0 N–H and O–H groups in total. The van der Waals surface area contributed by atoms with Crippen LogP contribution in [-0.4, -0.2) is 19.2 Å². The molecule has 0 aliphatic carbocycles. The zero-order valence-corrected chi connectivity index (χ0v) is 9.18. The monoisotopic (exact) mass is 218 g/mol. The molecule has 0 saturated heterocycles. The first-order valence-corrected chi connectivity index (χ1v) is 5.29. The summed E-state index contributed by atoms with van der Waals surface area (Å²) >= 11 is 0. The molecule has 16 heavy (non-hydrogen) atoms. The first kappa shape index (κ1) is 10.7. The fraction of sp³-hybridized carbons (Fsp3) is 0.308. The van der Waals surface area contributed by atoms with Crippen molar-refractivity contribution >= 4 is 5.97 Å². The Hall–Kier alpha value is -1.77. The highest BCUT2D eigenvalue weighted by Crippen LogP contribution is 2.20. The average molecular weight is 218 g/mol. The molecule has 1 unspecified atom stereocenters. The van der Waals surface area contributed by atoms with Crippen LogP contribution in [-0.2, 0) is 20.7 Å². The van der Waals surface area contributed by atoms with Crippen LogP contribution < -0.4 is 0 Å². The molecular formula is C13H14O3. The maximum Gasteiger partial charge on any atom is 0.335 e. The van der Waals surface area contributed by atoms with E-state index < -0.39 is 0 Å². The molecular weight excluding hydrogens is 204 g/mol. The van der Waals surface area contributed by atoms with E-state index in [9.17, 15) is 4.79 Å². The Balaban J connectivity index is 1.92. The number of carbonyl (C=O) groups is 1. The first-order chi connectivity index (χ1) is 7.79. The van der Waals surface area contributed by atoms with Crippen LogP contribution in [0.4, 0.5) is 0 Å². The molecule has 84 valence electrons. The van der Waals surface area contributed by atoms with Crippen LogP contribution in [0.1, 0.15) is 12.0 Å². The predicted octanol–water partition coefficient (Wildman–Crippen LogP) is 2.07. The van der Waals surface area contributed by atoms with E-state index in [1.165, 1.54) is 11.6 Å². The van der Waals surface area contributed by atoms with Crippen LogP contribution >= 0.6 is 0 Å². The van der Waals surface area contributed by atoms with Gasteiger partial charge in [-0.25, -0.2) is 4.79 Å². The summed E-state index contributed by atoms with van der Waals surface area (Å²) in [4.78, 5) is 11.1. The normalized spacial score (nSPS) is 19.2. The third kappa shape index (κ3) is 2.42. The van der Waals surface area contributed by atoms with E-state index in [-0.39, 0.29) is 12.1 Å². The highest BCUT2D eigenvalue weighted by atomic mass is 16.6. The number of hydrogen-bond donors (Lipinski definition) is 0. The maximum absolute atomic E-state index is 11.1. The van der Waals surface area contributed by atoms with Crippen molar-refractivity contribution < 1.29 is 14.3 Å². The average Bonchev–Trinajstić information content (AvgIpc) is 2.68. The van der Waals surface area contributed by atoms with Crippen molar-refractivity contribution in [3.8, 4) is 0 Å². The number of carbonyl (C=O) groups excluding carboxylic acids is 1. The minimum Gasteiger partial charge on any atom is -0.497 e. The summed E-state index contributed by atoms with van der Waals surface area (Å²) in [6.07, 6.45) is 2.82. The fourth-order valence-electron chi connectivity index (χ4n) is 1.78. The minimum atomic E-state index is -0.310. The van der Waals surface area contributed by atoms with Gasteiger partial charge in [-0.2, -0.15) is 0 Å². The van der Waals surface area contributed by atoms with Gasteiger partial charge in [0, 0.05) is 0 Å². The SMILES string of the molecule is COC1=CC(=O)OC1CCc1ccccc1. The molecule has 1 aromatic rings. The zero-order chi connectivity index (χ0) is 11.4. The molecule has 0 spiro atoms. The Labute approximate surface area is 94.7 Å². The molecule has 0 saturated carbocycles. The summed E-state index contributed by atoms with van der Waals surface area (Å²) in [5.41, 5.74) is 1.24. The molecule has 1 atom stereocenters. The second-order valence-electron chi connectivity index (χ2n) is 3.70. The molecule has 0 bridgehead atoms. The van der Waals surface area contributed by atoms with E-state index in [4.69, 9.17) is 9.47 Å². The topological polar surface area (TPSA) is 35.5 Å². The largest absolute Gasteiger partial charge is 0.497 e. The van der Waals surface area contributed by atoms with Gasteiger partial charge < -0.3 is 9.47 Å². The van der Waals surface area contributed by atoms with Crippen molar-refractivity contribution in [2.24, 2.45) is 0 Å². The van der Waals surface area contributed by atoms with E-state index in [0.29, 0.717) is 5.76 Å². The van der Waals surface area contributed by atoms with Crippen molar-refractivity contribution in [2.45, 2.75) is 18.9 Å². The van der Waals surface area contributed by atoms with Crippen molar-refractivity contribution in [1.82, 2.24) is 0 Å². The summed E-state index contributed by atoms with van der Waals surface area (Å²) < 4.78 is 10.2. The Morgan fingerprint density at radius 3 is 2.75 bits per heavy atom. The Bertz CT molecular complexity index is 395. The molecule has 1 aliphatic heterocycles. The number of hydrogen-bond acceptors (Lipinski definition) is 3. The van der Waals surface area contributed by atoms with Crippen LogP contribution in [0.25, 0.3) is 0 Å². The maximum atomic E-state index is 11.1. The van der Waals surface area contributed by atoms with Crippen molar-refractivity contribution in [1.29, 1.82) is 0 Å². The van der Waals surface area contributed by atoms with E-state index in [0.717, 1.165) is 12.8 Å². The van der Waals surface area contributed by atoms with Crippen LogP contribution in [0, 0.1) is 0 Å². The molecule has 2 rings (SSSR count). The fourth-order valence-corrected chi connectivity index (χ4v) is 1.78. The molecule has 0 amide bonds. The molecule has 3 heteroatoms. The first-order valence-electron chi connectivity index (χ1n) is 5.29. The van der Waals surface area contributed by atoms with Gasteiger partial charge in [0.05, 0.1) is 13.2 Å². The number of esters is 1. The van der Waals surface area contributed by atoms with Gasteiger partial charge in [-0.3, -0.25) is 0 Å².